The summed E-state index contributed by atoms with van der Waals surface area (Å²) in [7, 11) is 0. The summed E-state index contributed by atoms with van der Waals surface area (Å²) in [5, 5.41) is 28.4. The Labute approximate surface area is 228 Å². The molecule has 0 rings (SSSR count). The number of nitrogens with zero attached hydrogens (tertiary/aromatic N) is 1. The molecule has 0 aliphatic rings. The van der Waals surface area contributed by atoms with Gasteiger partial charge in [-0.2, -0.15) is 0 Å². The highest BCUT2D eigenvalue weighted by atomic mass is 16.4. The number of hydrogen-bond donors (Lipinski definition) is 10. The number of aliphatic hydroxyl groups excluding tert-OH is 1. The van der Waals surface area contributed by atoms with Crippen LogP contribution in [-0.4, -0.2) is 96.2 Å². The fourth-order valence-corrected chi connectivity index (χ4v) is 3.36. The Morgan fingerprint density at radius 3 is 2.10 bits per heavy atom. The van der Waals surface area contributed by atoms with Crippen LogP contribution in [0.1, 0.15) is 52.4 Å². The Morgan fingerprint density at radius 2 is 1.56 bits per heavy atom. The first-order valence-corrected chi connectivity index (χ1v) is 12.9. The summed E-state index contributed by atoms with van der Waals surface area (Å²) >= 11 is 0. The van der Waals surface area contributed by atoms with Crippen molar-refractivity contribution >= 4 is 35.6 Å². The number of guanidine groups is 1. The second-order valence-corrected chi connectivity index (χ2v) is 9.13. The van der Waals surface area contributed by atoms with Gasteiger partial charge in [0.15, 0.2) is 5.96 Å². The minimum atomic E-state index is -1.43. The maximum Gasteiger partial charge on any atom is 0.326 e. The molecular weight excluding hydrogens is 514 g/mol. The minimum absolute atomic E-state index is 0.0739. The van der Waals surface area contributed by atoms with Gasteiger partial charge in [-0.25, -0.2) is 4.79 Å². The van der Waals surface area contributed by atoms with Gasteiger partial charge in [-0.15, -0.1) is 0 Å². The number of carboxylic acid groups (broad SMARTS) is 1. The average Bonchev–Trinajstić information content (AvgIpc) is 2.89. The molecule has 0 aromatic carbocycles. The monoisotopic (exact) mass is 559 g/mol. The average molecular weight is 560 g/mol. The summed E-state index contributed by atoms with van der Waals surface area (Å²) < 4.78 is 0. The van der Waals surface area contributed by atoms with Gasteiger partial charge < -0.3 is 54.4 Å². The van der Waals surface area contributed by atoms with E-state index in [-0.39, 0.29) is 18.8 Å². The molecule has 0 heterocycles. The molecule has 39 heavy (non-hydrogen) atoms. The molecule has 14 N–H and O–H groups in total. The Kier molecular flexibility index (Phi) is 17.8. The first-order valence-electron chi connectivity index (χ1n) is 12.9. The Balaban J connectivity index is 5.03. The quantitative estimate of drug-likeness (QED) is 0.0391. The molecule has 5 atom stereocenters. The Bertz CT molecular complexity index is 837. The van der Waals surface area contributed by atoms with Crippen molar-refractivity contribution in [1.82, 2.24) is 21.3 Å². The highest BCUT2D eigenvalue weighted by Crippen LogP contribution is 2.08. The number of carbonyl (C=O) groups excluding carboxylic acids is 4. The zero-order valence-electron chi connectivity index (χ0n) is 22.7. The zero-order valence-corrected chi connectivity index (χ0v) is 22.7. The number of aliphatic imine (C=N–C) groups is 1. The second kappa shape index (κ2) is 19.6. The van der Waals surface area contributed by atoms with Gasteiger partial charge in [-0.05, 0) is 44.6 Å². The highest BCUT2D eigenvalue weighted by molar-refractivity contribution is 5.94. The van der Waals surface area contributed by atoms with Crippen molar-refractivity contribution in [3.05, 3.63) is 0 Å². The fraction of sp³-hybridized carbons (Fsp3) is 0.739. The molecule has 16 heteroatoms. The van der Waals surface area contributed by atoms with Gasteiger partial charge in [-0.1, -0.05) is 20.3 Å². The van der Waals surface area contributed by atoms with Gasteiger partial charge in [0.25, 0.3) is 0 Å². The zero-order chi connectivity index (χ0) is 30.0. The van der Waals surface area contributed by atoms with Gasteiger partial charge in [0.05, 0.1) is 19.2 Å². The molecular formula is C23H45N9O7. The number of rotatable bonds is 20. The topological polar surface area (TPSA) is 290 Å². The van der Waals surface area contributed by atoms with Crippen molar-refractivity contribution in [2.24, 2.45) is 33.8 Å². The van der Waals surface area contributed by atoms with E-state index in [1.165, 1.54) is 0 Å². The molecule has 16 nitrogen and oxygen atoms in total. The molecule has 4 amide bonds. The molecule has 0 saturated heterocycles. The predicted octanol–water partition coefficient (Wildman–Crippen LogP) is -3.81. The molecule has 0 spiro atoms. The van der Waals surface area contributed by atoms with Gasteiger partial charge in [0.1, 0.15) is 18.1 Å². The number of carboxylic acids is 1. The molecule has 0 fully saturated rings. The van der Waals surface area contributed by atoms with Crippen molar-refractivity contribution in [3.63, 3.8) is 0 Å². The van der Waals surface area contributed by atoms with E-state index in [1.807, 2.05) is 0 Å². The summed E-state index contributed by atoms with van der Waals surface area (Å²) in [6.45, 7) is 2.72. The highest BCUT2D eigenvalue weighted by Gasteiger charge is 2.29. The van der Waals surface area contributed by atoms with Crippen LogP contribution in [0.5, 0.6) is 0 Å². The number of unbranched alkanes of at least 4 members (excludes halogenated alkanes) is 1. The van der Waals surface area contributed by atoms with Gasteiger partial charge in [0, 0.05) is 6.54 Å². The molecule has 0 bridgehead atoms. The number of nitrogens with one attached hydrogen (secondary N) is 4. The molecule has 0 radical (unpaired) electrons. The molecule has 0 unspecified atom stereocenters. The summed E-state index contributed by atoms with van der Waals surface area (Å²) in [5.74, 6) is -4.63. The Hall–Kier alpha value is -3.50. The van der Waals surface area contributed by atoms with Crippen LogP contribution in [-0.2, 0) is 24.0 Å². The number of amides is 4. The van der Waals surface area contributed by atoms with Crippen molar-refractivity contribution in [2.45, 2.75) is 76.5 Å². The number of aliphatic carboxylic acids is 1. The van der Waals surface area contributed by atoms with Gasteiger partial charge in [-0.3, -0.25) is 24.2 Å². The van der Waals surface area contributed by atoms with E-state index in [1.54, 1.807) is 13.8 Å². The lowest BCUT2D eigenvalue weighted by Gasteiger charge is -2.24. The molecule has 0 aromatic heterocycles. The summed E-state index contributed by atoms with van der Waals surface area (Å²) in [6.07, 6.45) is 2.56. The van der Waals surface area contributed by atoms with Crippen molar-refractivity contribution in [3.8, 4) is 0 Å². The summed E-state index contributed by atoms with van der Waals surface area (Å²) in [5.41, 5.74) is 21.9. The molecule has 224 valence electrons. The van der Waals surface area contributed by atoms with E-state index < -0.39 is 72.8 Å². The minimum Gasteiger partial charge on any atom is -0.480 e. The van der Waals surface area contributed by atoms with E-state index in [9.17, 15) is 34.2 Å². The van der Waals surface area contributed by atoms with Crippen LogP contribution in [0.2, 0.25) is 0 Å². The lowest BCUT2D eigenvalue weighted by Crippen LogP contribution is -2.56. The predicted molar refractivity (Wildman–Crippen MR) is 144 cm³/mol. The standard InChI is InChI=1S/C23H45N9O7/c1-3-13(2)18(22(38)39)32-21(37)16(12-33)30-17(34)11-29-20(36)15(8-4-5-9-24)31-19(35)14(25)7-6-10-28-23(26)27/h13-16,18,33H,3-12,24-25H2,1-2H3,(H,29,36)(H,30,34)(H,31,35)(H,32,37)(H,38,39)(H4,26,27,28)/t13-,14-,15-,16-,18-/m0/s1. The van der Waals surface area contributed by atoms with Crippen molar-refractivity contribution in [2.75, 3.05) is 26.2 Å². The van der Waals surface area contributed by atoms with Crippen molar-refractivity contribution in [1.29, 1.82) is 0 Å². The van der Waals surface area contributed by atoms with Crippen molar-refractivity contribution < 1.29 is 34.2 Å². The van der Waals surface area contributed by atoms with Crippen LogP contribution in [0, 0.1) is 5.92 Å². The van der Waals surface area contributed by atoms with E-state index in [0.29, 0.717) is 38.8 Å². The Morgan fingerprint density at radius 1 is 0.897 bits per heavy atom. The third-order valence-electron chi connectivity index (χ3n) is 5.92. The third kappa shape index (κ3) is 14.9. The van der Waals surface area contributed by atoms with Gasteiger partial charge >= 0.3 is 5.97 Å². The number of aliphatic hydroxyl groups is 1. The van der Waals surface area contributed by atoms with Crippen LogP contribution in [0.4, 0.5) is 0 Å². The lowest BCUT2D eigenvalue weighted by molar-refractivity contribution is -0.144. The molecule has 0 aliphatic carbocycles. The first-order chi connectivity index (χ1) is 18.4. The van der Waals surface area contributed by atoms with E-state index >= 15 is 0 Å². The maximum atomic E-state index is 12.7. The van der Waals surface area contributed by atoms with Crippen LogP contribution in [0.15, 0.2) is 4.99 Å². The normalized spacial score (nSPS) is 14.6. The largest absolute Gasteiger partial charge is 0.480 e. The molecule has 0 aliphatic heterocycles. The lowest BCUT2D eigenvalue weighted by atomic mass is 9.99. The SMILES string of the molecule is CC[C@H](C)[C@H](NC(=O)[C@H](CO)NC(=O)CNC(=O)[C@H](CCCCN)NC(=O)[C@@H](N)CCCN=C(N)N)C(=O)O. The smallest absolute Gasteiger partial charge is 0.326 e. The first kappa shape index (κ1) is 35.5. The summed E-state index contributed by atoms with van der Waals surface area (Å²) in [6, 6.07) is -4.55. The van der Waals surface area contributed by atoms with Crippen LogP contribution < -0.4 is 44.2 Å². The molecule has 0 aromatic rings. The summed E-state index contributed by atoms with van der Waals surface area (Å²) in [4.78, 5) is 65.3. The molecule has 0 saturated carbocycles. The third-order valence-corrected chi connectivity index (χ3v) is 5.92. The van der Waals surface area contributed by atoms with Crippen LogP contribution in [0.3, 0.4) is 0 Å². The van der Waals surface area contributed by atoms with E-state index in [0.717, 1.165) is 0 Å². The number of hydrogen-bond acceptors (Lipinski definition) is 9. The van der Waals surface area contributed by atoms with E-state index in [2.05, 4.69) is 26.3 Å². The maximum absolute atomic E-state index is 12.7. The number of nitrogens with two attached hydrogens (primary N) is 4. The fourth-order valence-electron chi connectivity index (χ4n) is 3.36. The van der Waals surface area contributed by atoms with E-state index in [4.69, 9.17) is 22.9 Å². The second-order valence-electron chi connectivity index (χ2n) is 9.13. The number of carbonyl (C=O) groups is 5. The van der Waals surface area contributed by atoms with Crippen LogP contribution in [0.25, 0.3) is 0 Å². The van der Waals surface area contributed by atoms with Crippen LogP contribution >= 0.6 is 0 Å². The van der Waals surface area contributed by atoms with Gasteiger partial charge in [0.2, 0.25) is 23.6 Å².